The van der Waals surface area contributed by atoms with E-state index in [1.807, 2.05) is 13.8 Å². The Morgan fingerprint density at radius 1 is 1.00 bits per heavy atom. The van der Waals surface area contributed by atoms with E-state index in [9.17, 15) is 13.2 Å². The van der Waals surface area contributed by atoms with Gasteiger partial charge in [0.2, 0.25) is 0 Å². The summed E-state index contributed by atoms with van der Waals surface area (Å²) in [7, 11) is 0. The SMILES string of the molecule is CCNc1ncnc(Nc2ccc(F)c(F)c2F)c1CC. The Morgan fingerprint density at radius 2 is 1.71 bits per heavy atom. The summed E-state index contributed by atoms with van der Waals surface area (Å²) < 4.78 is 39.9. The van der Waals surface area contributed by atoms with Crippen LogP contribution in [0.2, 0.25) is 0 Å². The van der Waals surface area contributed by atoms with Crippen LogP contribution in [0, 0.1) is 17.5 Å². The van der Waals surface area contributed by atoms with E-state index in [1.165, 1.54) is 6.33 Å². The van der Waals surface area contributed by atoms with Crippen LogP contribution in [-0.2, 0) is 6.42 Å². The van der Waals surface area contributed by atoms with E-state index >= 15 is 0 Å². The Labute approximate surface area is 120 Å². The zero-order valence-electron chi connectivity index (χ0n) is 11.7. The lowest BCUT2D eigenvalue weighted by Crippen LogP contribution is -2.08. The number of anilines is 3. The normalized spacial score (nSPS) is 10.5. The van der Waals surface area contributed by atoms with Crippen LogP contribution in [0.5, 0.6) is 0 Å². The van der Waals surface area contributed by atoms with Crippen molar-refractivity contribution in [1.82, 2.24) is 9.97 Å². The molecule has 0 aliphatic heterocycles. The number of aromatic nitrogens is 2. The van der Waals surface area contributed by atoms with E-state index in [-0.39, 0.29) is 5.69 Å². The molecule has 1 aromatic heterocycles. The third-order valence-corrected chi connectivity index (χ3v) is 2.93. The Morgan fingerprint density at radius 3 is 2.38 bits per heavy atom. The molecule has 2 rings (SSSR count). The minimum Gasteiger partial charge on any atom is -0.370 e. The molecule has 0 atom stereocenters. The van der Waals surface area contributed by atoms with Gasteiger partial charge in [-0.05, 0) is 25.5 Å². The third kappa shape index (κ3) is 3.07. The lowest BCUT2D eigenvalue weighted by molar-refractivity contribution is 0.449. The van der Waals surface area contributed by atoms with Gasteiger partial charge in [0.1, 0.15) is 18.0 Å². The van der Waals surface area contributed by atoms with Crippen molar-refractivity contribution in [2.45, 2.75) is 20.3 Å². The highest BCUT2D eigenvalue weighted by molar-refractivity contribution is 5.65. The predicted molar refractivity (Wildman–Crippen MR) is 75.2 cm³/mol. The average Bonchev–Trinajstić information content (AvgIpc) is 2.48. The molecule has 2 N–H and O–H groups in total. The maximum Gasteiger partial charge on any atom is 0.196 e. The maximum atomic E-state index is 13.7. The molecule has 0 fully saturated rings. The van der Waals surface area contributed by atoms with Gasteiger partial charge in [0, 0.05) is 12.1 Å². The number of rotatable bonds is 5. The topological polar surface area (TPSA) is 49.8 Å². The molecule has 21 heavy (non-hydrogen) atoms. The fraction of sp³-hybridized carbons (Fsp3) is 0.286. The van der Waals surface area contributed by atoms with Crippen molar-refractivity contribution in [3.63, 3.8) is 0 Å². The highest BCUT2D eigenvalue weighted by Crippen LogP contribution is 2.27. The summed E-state index contributed by atoms with van der Waals surface area (Å²) in [5, 5.41) is 5.76. The molecule has 112 valence electrons. The summed E-state index contributed by atoms with van der Waals surface area (Å²) >= 11 is 0. The Balaban J connectivity index is 2.40. The molecule has 7 heteroatoms. The number of hydrogen-bond donors (Lipinski definition) is 2. The zero-order valence-corrected chi connectivity index (χ0v) is 11.7. The van der Waals surface area contributed by atoms with Gasteiger partial charge >= 0.3 is 0 Å². The fourth-order valence-electron chi connectivity index (χ4n) is 1.92. The molecule has 0 aliphatic rings. The van der Waals surface area contributed by atoms with Crippen molar-refractivity contribution in [2.24, 2.45) is 0 Å². The Kier molecular flexibility index (Phi) is 4.62. The Hall–Kier alpha value is -2.31. The highest BCUT2D eigenvalue weighted by atomic mass is 19.2. The van der Waals surface area contributed by atoms with Crippen LogP contribution in [0.1, 0.15) is 19.4 Å². The van der Waals surface area contributed by atoms with Crippen LogP contribution in [0.15, 0.2) is 18.5 Å². The largest absolute Gasteiger partial charge is 0.370 e. The van der Waals surface area contributed by atoms with E-state index in [0.717, 1.165) is 17.7 Å². The molecule has 0 spiro atoms. The van der Waals surface area contributed by atoms with Crippen LogP contribution in [0.3, 0.4) is 0 Å². The van der Waals surface area contributed by atoms with Crippen LogP contribution >= 0.6 is 0 Å². The molecule has 2 aromatic rings. The van der Waals surface area contributed by atoms with Crippen LogP contribution in [-0.4, -0.2) is 16.5 Å². The molecule has 1 heterocycles. The second kappa shape index (κ2) is 6.43. The summed E-state index contributed by atoms with van der Waals surface area (Å²) in [5.74, 6) is -3.04. The number of hydrogen-bond acceptors (Lipinski definition) is 4. The van der Waals surface area contributed by atoms with Gasteiger partial charge in [-0.2, -0.15) is 0 Å². The molecule has 0 saturated heterocycles. The Bertz CT molecular complexity index is 646. The fourth-order valence-corrected chi connectivity index (χ4v) is 1.92. The summed E-state index contributed by atoms with van der Waals surface area (Å²) in [6.45, 7) is 4.49. The summed E-state index contributed by atoms with van der Waals surface area (Å²) in [6, 6.07) is 1.99. The van der Waals surface area contributed by atoms with Crippen LogP contribution < -0.4 is 10.6 Å². The van der Waals surface area contributed by atoms with E-state index in [4.69, 9.17) is 0 Å². The third-order valence-electron chi connectivity index (χ3n) is 2.93. The van der Waals surface area contributed by atoms with Gasteiger partial charge in [-0.1, -0.05) is 6.92 Å². The minimum atomic E-state index is -1.51. The molecule has 0 amide bonds. The van der Waals surface area contributed by atoms with Gasteiger partial charge in [-0.25, -0.2) is 23.1 Å². The van der Waals surface area contributed by atoms with Crippen LogP contribution in [0.4, 0.5) is 30.5 Å². The van der Waals surface area contributed by atoms with E-state index < -0.39 is 17.5 Å². The summed E-state index contributed by atoms with van der Waals surface area (Å²) in [4.78, 5) is 8.14. The second-order valence-corrected chi connectivity index (χ2v) is 4.28. The quantitative estimate of drug-likeness (QED) is 0.827. The van der Waals surface area contributed by atoms with Crippen LogP contribution in [0.25, 0.3) is 0 Å². The van der Waals surface area contributed by atoms with Crippen molar-refractivity contribution >= 4 is 17.3 Å². The molecule has 0 unspecified atom stereocenters. The first kappa shape index (κ1) is 15.1. The first-order valence-electron chi connectivity index (χ1n) is 6.56. The van der Waals surface area contributed by atoms with Crippen molar-refractivity contribution in [2.75, 3.05) is 17.2 Å². The van der Waals surface area contributed by atoms with Gasteiger partial charge < -0.3 is 10.6 Å². The maximum absolute atomic E-state index is 13.7. The average molecular weight is 296 g/mol. The van der Waals surface area contributed by atoms with Gasteiger partial charge in [0.05, 0.1) is 5.69 Å². The van der Waals surface area contributed by atoms with Gasteiger partial charge in [-0.3, -0.25) is 0 Å². The van der Waals surface area contributed by atoms with Gasteiger partial charge in [0.15, 0.2) is 17.5 Å². The molecular formula is C14H15F3N4. The molecule has 4 nitrogen and oxygen atoms in total. The van der Waals surface area contributed by atoms with Crippen molar-refractivity contribution < 1.29 is 13.2 Å². The van der Waals surface area contributed by atoms with Crippen molar-refractivity contribution in [1.29, 1.82) is 0 Å². The molecule has 0 saturated carbocycles. The predicted octanol–water partition coefficient (Wildman–Crippen LogP) is 3.63. The van der Waals surface area contributed by atoms with Crippen molar-refractivity contribution in [3.8, 4) is 0 Å². The zero-order chi connectivity index (χ0) is 15.4. The molecule has 0 radical (unpaired) electrons. The first-order valence-corrected chi connectivity index (χ1v) is 6.56. The number of benzene rings is 1. The first-order chi connectivity index (χ1) is 10.1. The molecule has 0 bridgehead atoms. The summed E-state index contributed by atoms with van der Waals surface area (Å²) in [5.41, 5.74) is 0.563. The van der Waals surface area contributed by atoms with E-state index in [2.05, 4.69) is 20.6 Å². The smallest absolute Gasteiger partial charge is 0.196 e. The summed E-state index contributed by atoms with van der Waals surface area (Å²) in [6.07, 6.45) is 1.91. The number of nitrogens with one attached hydrogen (secondary N) is 2. The van der Waals surface area contributed by atoms with Gasteiger partial charge in [0.25, 0.3) is 0 Å². The number of halogens is 3. The van der Waals surface area contributed by atoms with E-state index in [0.29, 0.717) is 24.6 Å². The standard InChI is InChI=1S/C14H15F3N4/c1-3-8-13(18-4-2)19-7-20-14(8)21-10-6-5-9(15)11(16)12(10)17/h5-7H,3-4H2,1-2H3,(H2,18,19,20,21). The lowest BCUT2D eigenvalue weighted by Gasteiger charge is -2.14. The number of nitrogens with zero attached hydrogens (tertiary/aromatic N) is 2. The highest BCUT2D eigenvalue weighted by Gasteiger charge is 2.16. The minimum absolute atomic E-state index is 0.176. The van der Waals surface area contributed by atoms with E-state index in [1.54, 1.807) is 0 Å². The molecule has 0 aliphatic carbocycles. The monoisotopic (exact) mass is 296 g/mol. The van der Waals surface area contributed by atoms with Gasteiger partial charge in [-0.15, -0.1) is 0 Å². The molecule has 1 aromatic carbocycles. The second-order valence-electron chi connectivity index (χ2n) is 4.28. The van der Waals surface area contributed by atoms with Crippen molar-refractivity contribution in [3.05, 3.63) is 41.5 Å². The lowest BCUT2D eigenvalue weighted by atomic mass is 10.2. The molecular weight excluding hydrogens is 281 g/mol.